The Labute approximate surface area is 133 Å². The van der Waals surface area contributed by atoms with Crippen LogP contribution in [0.15, 0.2) is 53.3 Å². The number of rotatable bonds is 2. The van der Waals surface area contributed by atoms with Gasteiger partial charge >= 0.3 is 0 Å². The standard InChI is InChI=1S/C16H10BrN3S/c17-11-5-7-15-18-9-12(20(15)10-11)6-8-16-19-13-3-1-2-4-14(13)21-16/h1-10H. The second kappa shape index (κ2) is 5.09. The number of fused-ring (bicyclic) bond motifs is 2. The van der Waals surface area contributed by atoms with Crippen molar-refractivity contribution in [1.29, 1.82) is 0 Å². The molecule has 5 heteroatoms. The first-order valence-corrected chi connectivity index (χ1v) is 8.07. The number of hydrogen-bond acceptors (Lipinski definition) is 3. The van der Waals surface area contributed by atoms with Crippen molar-refractivity contribution in [2.45, 2.75) is 0 Å². The van der Waals surface area contributed by atoms with Crippen LogP contribution in [0.25, 0.3) is 28.0 Å². The third-order valence-electron chi connectivity index (χ3n) is 3.21. The number of pyridine rings is 1. The van der Waals surface area contributed by atoms with E-state index in [1.54, 1.807) is 11.3 Å². The largest absolute Gasteiger partial charge is 0.299 e. The lowest BCUT2D eigenvalue weighted by molar-refractivity contribution is 1.16. The van der Waals surface area contributed by atoms with Crippen LogP contribution in [-0.2, 0) is 0 Å². The van der Waals surface area contributed by atoms with E-state index in [1.165, 1.54) is 4.70 Å². The monoisotopic (exact) mass is 355 g/mol. The fraction of sp³-hybridized carbons (Fsp3) is 0. The van der Waals surface area contributed by atoms with E-state index in [0.29, 0.717) is 0 Å². The second-order valence-electron chi connectivity index (χ2n) is 4.61. The maximum Gasteiger partial charge on any atom is 0.137 e. The molecule has 0 aliphatic heterocycles. The summed E-state index contributed by atoms with van der Waals surface area (Å²) in [6, 6.07) is 12.2. The van der Waals surface area contributed by atoms with E-state index in [4.69, 9.17) is 0 Å². The summed E-state index contributed by atoms with van der Waals surface area (Å²) in [6.45, 7) is 0. The Morgan fingerprint density at radius 2 is 2.00 bits per heavy atom. The number of benzene rings is 1. The number of imidazole rings is 1. The Morgan fingerprint density at radius 1 is 1.10 bits per heavy atom. The zero-order valence-corrected chi connectivity index (χ0v) is 13.3. The van der Waals surface area contributed by atoms with Gasteiger partial charge in [-0.25, -0.2) is 9.97 Å². The molecule has 3 heterocycles. The molecule has 0 unspecified atom stereocenters. The van der Waals surface area contributed by atoms with E-state index in [-0.39, 0.29) is 0 Å². The molecule has 0 saturated carbocycles. The normalized spacial score (nSPS) is 11.9. The van der Waals surface area contributed by atoms with E-state index in [9.17, 15) is 0 Å². The molecule has 3 aromatic heterocycles. The van der Waals surface area contributed by atoms with Crippen molar-refractivity contribution in [1.82, 2.24) is 14.4 Å². The Bertz CT molecular complexity index is 935. The molecule has 1 aromatic carbocycles. The quantitative estimate of drug-likeness (QED) is 0.513. The molecule has 0 N–H and O–H groups in total. The fourth-order valence-corrected chi connectivity index (χ4v) is 3.42. The summed E-state index contributed by atoms with van der Waals surface area (Å²) in [7, 11) is 0. The van der Waals surface area contributed by atoms with Crippen molar-refractivity contribution >= 4 is 55.3 Å². The average Bonchev–Trinajstić information content (AvgIpc) is 3.07. The van der Waals surface area contributed by atoms with Gasteiger partial charge in [0.2, 0.25) is 0 Å². The molecule has 4 aromatic rings. The van der Waals surface area contributed by atoms with Gasteiger partial charge in [-0.3, -0.25) is 4.40 Å². The predicted molar refractivity (Wildman–Crippen MR) is 91.4 cm³/mol. The molecule has 0 spiro atoms. The van der Waals surface area contributed by atoms with Gasteiger partial charge in [-0.2, -0.15) is 0 Å². The number of aromatic nitrogens is 3. The van der Waals surface area contributed by atoms with E-state index >= 15 is 0 Å². The Kier molecular flexibility index (Phi) is 3.09. The van der Waals surface area contributed by atoms with Crippen LogP contribution >= 0.6 is 27.3 Å². The second-order valence-corrected chi connectivity index (χ2v) is 6.59. The van der Waals surface area contributed by atoms with Gasteiger partial charge in [0.25, 0.3) is 0 Å². The van der Waals surface area contributed by atoms with Crippen LogP contribution in [0.1, 0.15) is 10.7 Å². The third kappa shape index (κ3) is 2.39. The minimum absolute atomic E-state index is 0.933. The molecule has 4 rings (SSSR count). The minimum Gasteiger partial charge on any atom is -0.299 e. The van der Waals surface area contributed by atoms with Crippen molar-refractivity contribution in [2.24, 2.45) is 0 Å². The van der Waals surface area contributed by atoms with Crippen LogP contribution in [0, 0.1) is 0 Å². The topological polar surface area (TPSA) is 30.2 Å². The average molecular weight is 356 g/mol. The Morgan fingerprint density at radius 3 is 2.90 bits per heavy atom. The van der Waals surface area contributed by atoms with E-state index in [1.807, 2.05) is 59.3 Å². The molecular formula is C16H10BrN3S. The Balaban J connectivity index is 1.74. The first kappa shape index (κ1) is 12.7. The fourth-order valence-electron chi connectivity index (χ4n) is 2.21. The number of halogens is 1. The highest BCUT2D eigenvalue weighted by Crippen LogP contribution is 2.23. The first-order valence-electron chi connectivity index (χ1n) is 6.46. The molecule has 0 atom stereocenters. The lowest BCUT2D eigenvalue weighted by Gasteiger charge is -1.97. The summed E-state index contributed by atoms with van der Waals surface area (Å²) in [5, 5.41) is 1.00. The smallest absolute Gasteiger partial charge is 0.137 e. The molecule has 0 saturated heterocycles. The van der Waals surface area contributed by atoms with Gasteiger partial charge in [0.1, 0.15) is 10.7 Å². The van der Waals surface area contributed by atoms with Gasteiger partial charge in [-0.15, -0.1) is 11.3 Å². The molecule has 0 bridgehead atoms. The van der Waals surface area contributed by atoms with Crippen molar-refractivity contribution < 1.29 is 0 Å². The molecule has 3 nitrogen and oxygen atoms in total. The number of para-hydroxylation sites is 1. The van der Waals surface area contributed by atoms with Crippen molar-refractivity contribution in [3.63, 3.8) is 0 Å². The van der Waals surface area contributed by atoms with E-state index < -0.39 is 0 Å². The van der Waals surface area contributed by atoms with Crippen molar-refractivity contribution in [2.75, 3.05) is 0 Å². The lowest BCUT2D eigenvalue weighted by atomic mass is 10.3. The maximum absolute atomic E-state index is 4.60. The van der Waals surface area contributed by atoms with Crippen molar-refractivity contribution in [3.05, 3.63) is 64.0 Å². The highest BCUT2D eigenvalue weighted by Gasteiger charge is 2.02. The third-order valence-corrected chi connectivity index (χ3v) is 4.68. The molecule has 0 fully saturated rings. The first-order chi connectivity index (χ1) is 10.3. The van der Waals surface area contributed by atoms with Gasteiger partial charge in [0.05, 0.1) is 22.1 Å². The van der Waals surface area contributed by atoms with Crippen LogP contribution in [0.3, 0.4) is 0 Å². The van der Waals surface area contributed by atoms with E-state index in [0.717, 1.165) is 26.3 Å². The number of thiazole rings is 1. The lowest BCUT2D eigenvalue weighted by Crippen LogP contribution is -1.86. The van der Waals surface area contributed by atoms with Crippen LogP contribution in [0.5, 0.6) is 0 Å². The number of hydrogen-bond donors (Lipinski definition) is 0. The van der Waals surface area contributed by atoms with Gasteiger partial charge < -0.3 is 0 Å². The van der Waals surface area contributed by atoms with Crippen molar-refractivity contribution in [3.8, 4) is 0 Å². The zero-order chi connectivity index (χ0) is 14.2. The van der Waals surface area contributed by atoms with Crippen LogP contribution < -0.4 is 0 Å². The molecule has 0 radical (unpaired) electrons. The predicted octanol–water partition coefficient (Wildman–Crippen LogP) is 4.88. The summed E-state index contributed by atoms with van der Waals surface area (Å²) in [5.41, 5.74) is 3.01. The zero-order valence-electron chi connectivity index (χ0n) is 10.9. The van der Waals surface area contributed by atoms with E-state index in [2.05, 4.69) is 32.0 Å². The molecule has 0 amide bonds. The van der Waals surface area contributed by atoms with Gasteiger partial charge in [-0.1, -0.05) is 12.1 Å². The summed E-state index contributed by atoms with van der Waals surface area (Å²) in [4.78, 5) is 8.99. The molecule has 0 aliphatic rings. The molecule has 102 valence electrons. The highest BCUT2D eigenvalue weighted by molar-refractivity contribution is 9.10. The molecular weight excluding hydrogens is 346 g/mol. The summed E-state index contributed by atoms with van der Waals surface area (Å²) in [6.07, 6.45) is 7.96. The van der Waals surface area contributed by atoms with Crippen LogP contribution in [-0.4, -0.2) is 14.4 Å². The van der Waals surface area contributed by atoms with Gasteiger partial charge in [-0.05, 0) is 52.3 Å². The minimum atomic E-state index is 0.933. The molecule has 21 heavy (non-hydrogen) atoms. The summed E-state index contributed by atoms with van der Waals surface area (Å²) >= 11 is 5.18. The SMILES string of the molecule is Brc1ccc2ncc(C=Cc3nc4ccccc4s3)n2c1. The number of nitrogens with zero attached hydrogens (tertiary/aromatic N) is 3. The highest BCUT2D eigenvalue weighted by atomic mass is 79.9. The summed E-state index contributed by atoms with van der Waals surface area (Å²) < 4.78 is 4.29. The molecule has 0 aliphatic carbocycles. The van der Waals surface area contributed by atoms with Crippen LogP contribution in [0.4, 0.5) is 0 Å². The van der Waals surface area contributed by atoms with Gasteiger partial charge in [0.15, 0.2) is 0 Å². The Hall–Kier alpha value is -1.98. The van der Waals surface area contributed by atoms with Crippen LogP contribution in [0.2, 0.25) is 0 Å². The summed E-state index contributed by atoms with van der Waals surface area (Å²) in [5.74, 6) is 0. The maximum atomic E-state index is 4.60. The van der Waals surface area contributed by atoms with Gasteiger partial charge in [0, 0.05) is 10.7 Å².